The molecule has 0 aliphatic heterocycles. The van der Waals surface area contributed by atoms with E-state index in [9.17, 15) is 9.59 Å². The monoisotopic (exact) mass is 325 g/mol. The molecule has 0 spiro atoms. The highest BCUT2D eigenvalue weighted by molar-refractivity contribution is 5.99. The molecule has 7 nitrogen and oxygen atoms in total. The van der Waals surface area contributed by atoms with E-state index in [-0.39, 0.29) is 11.5 Å². The minimum atomic E-state index is -0.136. The van der Waals surface area contributed by atoms with Gasteiger partial charge in [-0.15, -0.1) is 0 Å². The number of aryl methyl sites for hydroxylation is 2. The van der Waals surface area contributed by atoms with Gasteiger partial charge < -0.3 is 15.2 Å². The van der Waals surface area contributed by atoms with Gasteiger partial charge in [0.05, 0.1) is 11.9 Å². The van der Waals surface area contributed by atoms with Crippen molar-refractivity contribution in [1.29, 1.82) is 0 Å². The molecule has 0 saturated heterocycles. The molecule has 2 N–H and O–H groups in total. The summed E-state index contributed by atoms with van der Waals surface area (Å²) in [7, 11) is 5.09. The highest BCUT2D eigenvalue weighted by Crippen LogP contribution is 2.25. The van der Waals surface area contributed by atoms with Gasteiger partial charge in [0.1, 0.15) is 5.69 Å². The quantitative estimate of drug-likeness (QED) is 0.768. The van der Waals surface area contributed by atoms with Crippen LogP contribution >= 0.6 is 0 Å². The Morgan fingerprint density at radius 1 is 1.21 bits per heavy atom. The Kier molecular flexibility index (Phi) is 3.84. The maximum Gasteiger partial charge on any atom is 0.271 e. The zero-order valence-corrected chi connectivity index (χ0v) is 14.0. The van der Waals surface area contributed by atoms with E-state index in [4.69, 9.17) is 0 Å². The molecule has 0 aliphatic carbocycles. The summed E-state index contributed by atoms with van der Waals surface area (Å²) in [6.45, 7) is 1.76. The lowest BCUT2D eigenvalue weighted by atomic mass is 10.2. The van der Waals surface area contributed by atoms with Crippen molar-refractivity contribution >= 4 is 28.2 Å². The van der Waals surface area contributed by atoms with Crippen molar-refractivity contribution in [2.24, 2.45) is 14.1 Å². The molecule has 1 aromatic carbocycles. The van der Waals surface area contributed by atoms with Gasteiger partial charge in [-0.1, -0.05) is 0 Å². The number of aromatic nitrogens is 3. The second kappa shape index (κ2) is 5.84. The van der Waals surface area contributed by atoms with Gasteiger partial charge in [-0.3, -0.25) is 9.59 Å². The molecule has 0 radical (unpaired) electrons. The summed E-state index contributed by atoms with van der Waals surface area (Å²) in [5, 5.41) is 10.8. The number of fused-ring (bicyclic) bond motifs is 1. The van der Waals surface area contributed by atoms with Gasteiger partial charge in [0.15, 0.2) is 0 Å². The summed E-state index contributed by atoms with van der Waals surface area (Å²) in [6.07, 6.45) is 1.63. The maximum absolute atomic E-state index is 12.0. The van der Waals surface area contributed by atoms with Crippen LogP contribution < -0.4 is 16.2 Å². The van der Waals surface area contributed by atoms with E-state index in [1.54, 1.807) is 27.2 Å². The fourth-order valence-electron chi connectivity index (χ4n) is 2.71. The number of amides is 1. The minimum absolute atomic E-state index is 0.130. The van der Waals surface area contributed by atoms with Gasteiger partial charge >= 0.3 is 0 Å². The number of hydrogen-bond donors (Lipinski definition) is 2. The lowest BCUT2D eigenvalue weighted by molar-refractivity contribution is 0.0955. The van der Waals surface area contributed by atoms with Gasteiger partial charge in [0.25, 0.3) is 11.5 Å². The third kappa shape index (κ3) is 2.54. The summed E-state index contributed by atoms with van der Waals surface area (Å²) >= 11 is 0. The van der Waals surface area contributed by atoms with Crippen LogP contribution in [0.3, 0.4) is 0 Å². The van der Waals surface area contributed by atoms with Crippen LogP contribution in [0.15, 0.2) is 35.3 Å². The minimum Gasteiger partial charge on any atom is -0.354 e. The number of hydrogen-bond acceptors (Lipinski definition) is 4. The summed E-state index contributed by atoms with van der Waals surface area (Å²) < 4.78 is 3.15. The molecule has 0 aliphatic rings. The normalized spacial score (nSPS) is 10.8. The van der Waals surface area contributed by atoms with Crippen molar-refractivity contribution in [2.45, 2.75) is 6.92 Å². The van der Waals surface area contributed by atoms with E-state index < -0.39 is 0 Å². The highest BCUT2D eigenvalue weighted by Gasteiger charge is 2.12. The Morgan fingerprint density at radius 3 is 2.67 bits per heavy atom. The molecule has 0 atom stereocenters. The fourth-order valence-corrected chi connectivity index (χ4v) is 2.71. The zero-order valence-electron chi connectivity index (χ0n) is 14.0. The number of anilines is 2. The Bertz CT molecular complexity index is 1000. The zero-order chi connectivity index (χ0) is 17.4. The predicted octanol–water partition coefficient (Wildman–Crippen LogP) is 1.68. The summed E-state index contributed by atoms with van der Waals surface area (Å²) in [5.41, 5.74) is 3.51. The molecule has 1 amide bonds. The van der Waals surface area contributed by atoms with E-state index in [2.05, 4.69) is 15.7 Å². The van der Waals surface area contributed by atoms with Crippen molar-refractivity contribution in [3.8, 4) is 0 Å². The first kappa shape index (κ1) is 15.8. The molecule has 24 heavy (non-hydrogen) atoms. The van der Waals surface area contributed by atoms with Crippen molar-refractivity contribution in [1.82, 2.24) is 19.7 Å². The summed E-state index contributed by atoms with van der Waals surface area (Å²) in [5.74, 6) is -0.130. The van der Waals surface area contributed by atoms with E-state index in [0.29, 0.717) is 16.9 Å². The standard InChI is InChI=1S/C17H19N5O2/c1-10-13(9-19-22(4)17(10)24)20-12-5-6-14-11(7-12)8-15(21(14)3)16(23)18-2/h5-9,20H,1-4H3,(H,18,23). The average molecular weight is 325 g/mol. The van der Waals surface area contributed by atoms with Crippen LogP contribution in [0.5, 0.6) is 0 Å². The van der Waals surface area contributed by atoms with Crippen molar-refractivity contribution in [3.63, 3.8) is 0 Å². The number of nitrogens with zero attached hydrogens (tertiary/aromatic N) is 3. The third-order valence-corrected chi connectivity index (χ3v) is 4.16. The Balaban J connectivity index is 2.01. The van der Waals surface area contributed by atoms with Gasteiger partial charge in [-0.05, 0) is 31.2 Å². The van der Waals surface area contributed by atoms with E-state index >= 15 is 0 Å². The topological polar surface area (TPSA) is 81.0 Å². The molecule has 0 unspecified atom stereocenters. The summed E-state index contributed by atoms with van der Waals surface area (Å²) in [6, 6.07) is 7.63. The van der Waals surface area contributed by atoms with Crippen molar-refractivity contribution in [3.05, 3.63) is 52.1 Å². The van der Waals surface area contributed by atoms with Crippen LogP contribution in [0.4, 0.5) is 11.4 Å². The van der Waals surface area contributed by atoms with Crippen LogP contribution in [-0.2, 0) is 14.1 Å². The number of benzene rings is 1. The van der Waals surface area contributed by atoms with E-state index in [1.807, 2.05) is 35.9 Å². The third-order valence-electron chi connectivity index (χ3n) is 4.16. The van der Waals surface area contributed by atoms with E-state index in [0.717, 1.165) is 16.6 Å². The molecule has 3 aromatic rings. The lowest BCUT2D eigenvalue weighted by Crippen LogP contribution is -2.22. The van der Waals surface area contributed by atoms with Gasteiger partial charge in [-0.2, -0.15) is 5.10 Å². The molecule has 0 fully saturated rings. The van der Waals surface area contributed by atoms with Crippen molar-refractivity contribution in [2.75, 3.05) is 12.4 Å². The Hall–Kier alpha value is -3.09. The number of carbonyl (C=O) groups is 1. The van der Waals surface area contributed by atoms with Gasteiger partial charge in [0, 0.05) is 43.3 Å². The first-order valence-electron chi connectivity index (χ1n) is 7.54. The number of rotatable bonds is 3. The van der Waals surface area contributed by atoms with Crippen LogP contribution in [0, 0.1) is 6.92 Å². The van der Waals surface area contributed by atoms with Gasteiger partial charge in [0.2, 0.25) is 0 Å². The lowest BCUT2D eigenvalue weighted by Gasteiger charge is -2.10. The first-order valence-corrected chi connectivity index (χ1v) is 7.54. The molecule has 3 rings (SSSR count). The van der Waals surface area contributed by atoms with Crippen LogP contribution in [-0.4, -0.2) is 27.3 Å². The molecule has 0 saturated carbocycles. The predicted molar refractivity (Wildman–Crippen MR) is 93.8 cm³/mol. The molecular formula is C17H19N5O2. The maximum atomic E-state index is 12.0. The van der Waals surface area contributed by atoms with Crippen LogP contribution in [0.25, 0.3) is 10.9 Å². The molecule has 0 bridgehead atoms. The Labute approximate surface area is 138 Å². The first-order chi connectivity index (χ1) is 11.4. The fraction of sp³-hybridized carbons (Fsp3) is 0.235. The second-order valence-electron chi connectivity index (χ2n) is 5.68. The molecule has 7 heteroatoms. The smallest absolute Gasteiger partial charge is 0.271 e. The van der Waals surface area contributed by atoms with Gasteiger partial charge in [-0.25, -0.2) is 4.68 Å². The Morgan fingerprint density at radius 2 is 1.96 bits per heavy atom. The SMILES string of the molecule is CNC(=O)c1cc2cc(Nc3cnn(C)c(=O)c3C)ccc2n1C. The number of carbonyl (C=O) groups excluding carboxylic acids is 1. The molecule has 2 heterocycles. The van der Waals surface area contributed by atoms with Crippen molar-refractivity contribution < 1.29 is 4.79 Å². The van der Waals surface area contributed by atoms with Crippen LogP contribution in [0.2, 0.25) is 0 Å². The highest BCUT2D eigenvalue weighted by atomic mass is 16.2. The second-order valence-corrected chi connectivity index (χ2v) is 5.68. The molecule has 2 aromatic heterocycles. The molecule has 124 valence electrons. The van der Waals surface area contributed by atoms with Crippen LogP contribution in [0.1, 0.15) is 16.1 Å². The summed E-state index contributed by atoms with van der Waals surface area (Å²) in [4.78, 5) is 23.9. The largest absolute Gasteiger partial charge is 0.354 e. The average Bonchev–Trinajstić information content (AvgIpc) is 2.91. The van der Waals surface area contributed by atoms with E-state index in [1.165, 1.54) is 4.68 Å². The number of nitrogens with one attached hydrogen (secondary N) is 2. The molecular weight excluding hydrogens is 306 g/mol.